The number of rotatable bonds is 3. The van der Waals surface area contributed by atoms with Gasteiger partial charge < -0.3 is 15.2 Å². The molecule has 1 spiro atoms. The molecule has 0 radical (unpaired) electrons. The Bertz CT molecular complexity index is 323. The SMILES string of the molecule is COC1CCN(C2CCOC3(CCSC3)C2)C(CN)C1. The van der Waals surface area contributed by atoms with Crippen molar-refractivity contribution in [3.05, 3.63) is 0 Å². The molecular weight excluding hydrogens is 272 g/mol. The van der Waals surface area contributed by atoms with Crippen molar-refractivity contribution < 1.29 is 9.47 Å². The van der Waals surface area contributed by atoms with Gasteiger partial charge in [-0.25, -0.2) is 0 Å². The lowest BCUT2D eigenvalue weighted by Gasteiger charge is -2.48. The fourth-order valence-electron chi connectivity index (χ4n) is 4.11. The van der Waals surface area contributed by atoms with E-state index in [2.05, 4.69) is 16.7 Å². The van der Waals surface area contributed by atoms with Gasteiger partial charge in [-0.15, -0.1) is 0 Å². The molecule has 0 bridgehead atoms. The minimum absolute atomic E-state index is 0.171. The highest BCUT2D eigenvalue weighted by Gasteiger charge is 2.43. The lowest BCUT2D eigenvalue weighted by atomic mass is 9.86. The number of piperidine rings is 1. The van der Waals surface area contributed by atoms with Crippen LogP contribution in [0.4, 0.5) is 0 Å². The fourth-order valence-corrected chi connectivity index (χ4v) is 5.49. The van der Waals surface area contributed by atoms with E-state index in [0.29, 0.717) is 18.2 Å². The van der Waals surface area contributed by atoms with Gasteiger partial charge in [0.1, 0.15) is 0 Å². The third-order valence-corrected chi connectivity index (χ3v) is 6.54. The number of likely N-dealkylation sites (tertiary alicyclic amines) is 1. The van der Waals surface area contributed by atoms with Crippen LogP contribution >= 0.6 is 11.8 Å². The number of thioether (sulfide) groups is 1. The molecule has 0 aromatic heterocycles. The molecule has 116 valence electrons. The maximum atomic E-state index is 6.16. The molecule has 3 saturated heterocycles. The third kappa shape index (κ3) is 3.02. The summed E-state index contributed by atoms with van der Waals surface area (Å²) in [6, 6.07) is 1.15. The van der Waals surface area contributed by atoms with E-state index in [4.69, 9.17) is 15.2 Å². The van der Waals surface area contributed by atoms with Gasteiger partial charge in [0.15, 0.2) is 0 Å². The van der Waals surface area contributed by atoms with Crippen molar-refractivity contribution in [1.29, 1.82) is 0 Å². The number of nitrogens with two attached hydrogens (primary N) is 1. The summed E-state index contributed by atoms with van der Waals surface area (Å²) in [6.07, 6.45) is 6.23. The molecule has 3 fully saturated rings. The Hall–Kier alpha value is 0.190. The Kier molecular flexibility index (Phi) is 4.93. The van der Waals surface area contributed by atoms with Gasteiger partial charge in [-0.05, 0) is 37.9 Å². The standard InChI is InChI=1S/C15H28N2O2S/c1-18-14-2-5-17(13(8-14)10-16)12-3-6-19-15(9-12)4-7-20-11-15/h12-14H,2-11,16H2,1H3. The first kappa shape index (κ1) is 15.1. The molecular formula is C15H28N2O2S. The highest BCUT2D eigenvalue weighted by Crippen LogP contribution is 2.40. The van der Waals surface area contributed by atoms with E-state index in [1.807, 2.05) is 7.11 Å². The van der Waals surface area contributed by atoms with Crippen LogP contribution in [0.25, 0.3) is 0 Å². The summed E-state index contributed by atoms with van der Waals surface area (Å²) in [5, 5.41) is 0. The number of methoxy groups -OCH3 is 1. The first-order valence-electron chi connectivity index (χ1n) is 7.97. The monoisotopic (exact) mass is 300 g/mol. The summed E-state index contributed by atoms with van der Waals surface area (Å²) < 4.78 is 11.7. The molecule has 0 amide bonds. The van der Waals surface area contributed by atoms with Gasteiger partial charge in [0, 0.05) is 44.6 Å². The Morgan fingerprint density at radius 2 is 2.35 bits per heavy atom. The van der Waals surface area contributed by atoms with Crippen LogP contribution in [0.2, 0.25) is 0 Å². The van der Waals surface area contributed by atoms with E-state index >= 15 is 0 Å². The molecule has 0 aliphatic carbocycles. The maximum absolute atomic E-state index is 6.16. The zero-order valence-corrected chi connectivity index (χ0v) is 13.4. The van der Waals surface area contributed by atoms with Crippen molar-refractivity contribution in [3.8, 4) is 0 Å². The molecule has 3 heterocycles. The van der Waals surface area contributed by atoms with Crippen molar-refractivity contribution in [2.24, 2.45) is 5.73 Å². The Labute approximate surface area is 126 Å². The predicted molar refractivity (Wildman–Crippen MR) is 83.2 cm³/mol. The van der Waals surface area contributed by atoms with Crippen LogP contribution in [0.5, 0.6) is 0 Å². The molecule has 3 aliphatic rings. The van der Waals surface area contributed by atoms with Crippen molar-refractivity contribution in [2.45, 2.75) is 55.9 Å². The van der Waals surface area contributed by atoms with Gasteiger partial charge in [0.05, 0.1) is 11.7 Å². The number of ether oxygens (including phenoxy) is 2. The van der Waals surface area contributed by atoms with Gasteiger partial charge >= 0.3 is 0 Å². The maximum Gasteiger partial charge on any atom is 0.0795 e. The van der Waals surface area contributed by atoms with E-state index in [-0.39, 0.29) is 5.60 Å². The zero-order valence-electron chi connectivity index (χ0n) is 12.6. The molecule has 3 aliphatic heterocycles. The molecule has 4 nitrogen and oxygen atoms in total. The summed E-state index contributed by atoms with van der Waals surface area (Å²) in [7, 11) is 1.83. The highest BCUT2D eigenvalue weighted by molar-refractivity contribution is 7.99. The molecule has 5 heteroatoms. The molecule has 0 saturated carbocycles. The highest BCUT2D eigenvalue weighted by atomic mass is 32.2. The average Bonchev–Trinajstić information content (AvgIpc) is 2.94. The molecule has 3 rings (SSSR count). The average molecular weight is 300 g/mol. The van der Waals surface area contributed by atoms with E-state index in [0.717, 1.165) is 32.5 Å². The third-order valence-electron chi connectivity index (χ3n) is 5.32. The van der Waals surface area contributed by atoms with Crippen molar-refractivity contribution >= 4 is 11.8 Å². The van der Waals surface area contributed by atoms with E-state index in [1.54, 1.807) is 0 Å². The summed E-state index contributed by atoms with van der Waals surface area (Å²) in [5.74, 6) is 2.45. The van der Waals surface area contributed by atoms with Crippen LogP contribution < -0.4 is 5.73 Å². The van der Waals surface area contributed by atoms with Gasteiger partial charge in [-0.1, -0.05) is 0 Å². The smallest absolute Gasteiger partial charge is 0.0795 e. The summed E-state index contributed by atoms with van der Waals surface area (Å²) >= 11 is 2.05. The van der Waals surface area contributed by atoms with E-state index < -0.39 is 0 Å². The van der Waals surface area contributed by atoms with Crippen LogP contribution in [-0.2, 0) is 9.47 Å². The largest absolute Gasteiger partial charge is 0.381 e. The van der Waals surface area contributed by atoms with Crippen LogP contribution in [-0.4, -0.2) is 67.0 Å². The van der Waals surface area contributed by atoms with Crippen molar-refractivity contribution in [1.82, 2.24) is 4.90 Å². The van der Waals surface area contributed by atoms with Crippen molar-refractivity contribution in [3.63, 3.8) is 0 Å². The molecule has 20 heavy (non-hydrogen) atoms. The van der Waals surface area contributed by atoms with E-state index in [1.165, 1.54) is 30.8 Å². The summed E-state index contributed by atoms with van der Waals surface area (Å²) in [6.45, 7) is 2.81. The van der Waals surface area contributed by atoms with Crippen molar-refractivity contribution in [2.75, 3.05) is 38.3 Å². The second-order valence-electron chi connectivity index (χ2n) is 6.49. The van der Waals surface area contributed by atoms with Gasteiger partial charge in [-0.3, -0.25) is 4.90 Å². The first-order valence-corrected chi connectivity index (χ1v) is 9.12. The number of nitrogens with zero attached hydrogens (tertiary/aromatic N) is 1. The fraction of sp³-hybridized carbons (Fsp3) is 1.00. The lowest BCUT2D eigenvalue weighted by molar-refractivity contribution is -0.105. The van der Waals surface area contributed by atoms with Gasteiger partial charge in [0.2, 0.25) is 0 Å². The van der Waals surface area contributed by atoms with E-state index in [9.17, 15) is 0 Å². The zero-order chi connectivity index (χ0) is 14.0. The predicted octanol–water partition coefficient (Wildman–Crippen LogP) is 1.48. The quantitative estimate of drug-likeness (QED) is 0.855. The second-order valence-corrected chi connectivity index (χ2v) is 7.60. The minimum atomic E-state index is 0.171. The Morgan fingerprint density at radius 1 is 1.45 bits per heavy atom. The van der Waals surface area contributed by atoms with Crippen LogP contribution in [0, 0.1) is 0 Å². The van der Waals surface area contributed by atoms with Crippen LogP contribution in [0.1, 0.15) is 32.1 Å². The molecule has 0 aromatic rings. The minimum Gasteiger partial charge on any atom is -0.381 e. The molecule has 2 N–H and O–H groups in total. The topological polar surface area (TPSA) is 47.7 Å². The number of hydrogen-bond donors (Lipinski definition) is 1. The normalized spacial score (nSPS) is 43.2. The summed E-state index contributed by atoms with van der Waals surface area (Å²) in [5.41, 5.74) is 6.20. The van der Waals surface area contributed by atoms with Crippen LogP contribution in [0.3, 0.4) is 0 Å². The molecule has 0 aromatic carbocycles. The molecule has 4 atom stereocenters. The lowest BCUT2D eigenvalue weighted by Crippen LogP contribution is -2.57. The second kappa shape index (κ2) is 6.53. The van der Waals surface area contributed by atoms with Gasteiger partial charge in [0.25, 0.3) is 0 Å². The van der Waals surface area contributed by atoms with Gasteiger partial charge in [-0.2, -0.15) is 11.8 Å². The Morgan fingerprint density at radius 3 is 3.05 bits per heavy atom. The Balaban J connectivity index is 1.65. The first-order chi connectivity index (χ1) is 9.76. The molecule has 4 unspecified atom stereocenters. The van der Waals surface area contributed by atoms with Crippen LogP contribution in [0.15, 0.2) is 0 Å². The number of hydrogen-bond acceptors (Lipinski definition) is 5. The summed E-state index contributed by atoms with van der Waals surface area (Å²) in [4.78, 5) is 2.67.